The number of carbonyl (C=O) groups excluding carboxylic acids is 4. The Morgan fingerprint density at radius 2 is 1.88 bits per heavy atom. The summed E-state index contributed by atoms with van der Waals surface area (Å²) in [5.74, 6) is 0.248. The maximum absolute atomic E-state index is 12.8. The highest BCUT2D eigenvalue weighted by atomic mass is 16.6. The summed E-state index contributed by atoms with van der Waals surface area (Å²) in [5.41, 5.74) is 2.72. The third-order valence-electron chi connectivity index (χ3n) is 5.84. The number of ether oxygens (including phenoxy) is 2. The number of amides is 5. The van der Waals surface area contributed by atoms with Crippen LogP contribution in [0.3, 0.4) is 0 Å². The van der Waals surface area contributed by atoms with Crippen LogP contribution in [0.4, 0.5) is 10.5 Å². The number of carbonyl (C=O) groups is 4. The Kier molecular flexibility index (Phi) is 5.33. The zero-order chi connectivity index (χ0) is 22.9. The lowest BCUT2D eigenvalue weighted by Crippen LogP contribution is -2.52. The molecule has 1 atom stereocenters. The predicted octanol–water partition coefficient (Wildman–Crippen LogP) is 1.54. The van der Waals surface area contributed by atoms with E-state index >= 15 is 0 Å². The summed E-state index contributed by atoms with van der Waals surface area (Å²) >= 11 is 0. The minimum atomic E-state index is -0.652. The smallest absolute Gasteiger partial charge is 0.319 e. The van der Waals surface area contributed by atoms with Gasteiger partial charge in [-0.25, -0.2) is 4.79 Å². The van der Waals surface area contributed by atoms with Crippen LogP contribution in [0.5, 0.6) is 11.5 Å². The normalized spacial score (nSPS) is 19.1. The summed E-state index contributed by atoms with van der Waals surface area (Å²) in [6.07, 6.45) is 0.531. The Labute approximate surface area is 189 Å². The van der Waals surface area contributed by atoms with Gasteiger partial charge in [0.1, 0.15) is 19.3 Å². The summed E-state index contributed by atoms with van der Waals surface area (Å²) in [6, 6.07) is 9.48. The summed E-state index contributed by atoms with van der Waals surface area (Å²) < 4.78 is 11.0. The second-order valence-corrected chi connectivity index (χ2v) is 8.06. The SMILES string of the molecule is O=C1CCC(N2Cc3cc(CNC(=O)Nc4ccc5c(c4)OCCO5)ccc3C2=O)C(=O)N1. The van der Waals surface area contributed by atoms with E-state index in [-0.39, 0.29) is 37.4 Å². The number of hydrogen-bond acceptors (Lipinski definition) is 6. The van der Waals surface area contributed by atoms with E-state index in [1.165, 1.54) is 4.90 Å². The fourth-order valence-corrected chi connectivity index (χ4v) is 4.22. The van der Waals surface area contributed by atoms with Gasteiger partial charge in [0.25, 0.3) is 5.91 Å². The lowest BCUT2D eigenvalue weighted by atomic mass is 10.0. The minimum absolute atomic E-state index is 0.212. The van der Waals surface area contributed by atoms with Gasteiger partial charge in [-0.05, 0) is 35.7 Å². The van der Waals surface area contributed by atoms with E-state index in [0.717, 1.165) is 11.1 Å². The highest BCUT2D eigenvalue weighted by Gasteiger charge is 2.39. The van der Waals surface area contributed by atoms with Gasteiger partial charge in [0.05, 0.1) is 0 Å². The van der Waals surface area contributed by atoms with Crippen LogP contribution in [0.1, 0.15) is 34.3 Å². The van der Waals surface area contributed by atoms with Gasteiger partial charge in [-0.1, -0.05) is 12.1 Å². The van der Waals surface area contributed by atoms with Gasteiger partial charge in [-0.15, -0.1) is 0 Å². The molecule has 1 unspecified atom stereocenters. The molecule has 3 aliphatic heterocycles. The van der Waals surface area contributed by atoms with Crippen LogP contribution in [0, 0.1) is 0 Å². The van der Waals surface area contributed by atoms with Crippen molar-refractivity contribution < 1.29 is 28.7 Å². The van der Waals surface area contributed by atoms with Crippen LogP contribution in [-0.2, 0) is 22.7 Å². The molecule has 10 heteroatoms. The molecule has 3 N–H and O–H groups in total. The van der Waals surface area contributed by atoms with Crippen molar-refractivity contribution in [3.63, 3.8) is 0 Å². The summed E-state index contributed by atoms with van der Waals surface area (Å²) in [4.78, 5) is 50.2. The highest BCUT2D eigenvalue weighted by Crippen LogP contribution is 2.32. The van der Waals surface area contributed by atoms with Crippen LogP contribution < -0.4 is 25.4 Å². The Bertz CT molecular complexity index is 1160. The molecule has 0 bridgehead atoms. The molecule has 10 nitrogen and oxygen atoms in total. The van der Waals surface area contributed by atoms with Gasteiger partial charge < -0.3 is 25.0 Å². The van der Waals surface area contributed by atoms with Crippen LogP contribution in [0.15, 0.2) is 36.4 Å². The zero-order valence-corrected chi connectivity index (χ0v) is 17.7. The number of piperidine rings is 1. The average molecular weight is 450 g/mol. The third kappa shape index (κ3) is 4.19. The molecule has 0 saturated carbocycles. The van der Waals surface area contributed by atoms with E-state index in [2.05, 4.69) is 16.0 Å². The number of rotatable bonds is 4. The molecular formula is C23H22N4O6. The van der Waals surface area contributed by atoms with Crippen LogP contribution in [0.2, 0.25) is 0 Å². The second kappa shape index (κ2) is 8.45. The minimum Gasteiger partial charge on any atom is -0.486 e. The van der Waals surface area contributed by atoms with Gasteiger partial charge in [0, 0.05) is 36.8 Å². The first-order chi connectivity index (χ1) is 16.0. The van der Waals surface area contributed by atoms with Gasteiger partial charge >= 0.3 is 6.03 Å². The van der Waals surface area contributed by atoms with Gasteiger partial charge in [-0.2, -0.15) is 0 Å². The fraction of sp³-hybridized carbons (Fsp3) is 0.304. The first-order valence-corrected chi connectivity index (χ1v) is 10.7. The van der Waals surface area contributed by atoms with E-state index < -0.39 is 11.9 Å². The molecular weight excluding hydrogens is 428 g/mol. The Balaban J connectivity index is 1.19. The van der Waals surface area contributed by atoms with E-state index in [0.29, 0.717) is 42.4 Å². The largest absolute Gasteiger partial charge is 0.486 e. The van der Waals surface area contributed by atoms with Gasteiger partial charge in [-0.3, -0.25) is 19.7 Å². The Hall–Kier alpha value is -4.08. The topological polar surface area (TPSA) is 126 Å². The van der Waals surface area contributed by atoms with Crippen LogP contribution in [-0.4, -0.2) is 47.9 Å². The van der Waals surface area contributed by atoms with Crippen molar-refractivity contribution in [3.05, 3.63) is 53.1 Å². The summed E-state index contributed by atoms with van der Waals surface area (Å²) in [6.45, 7) is 1.51. The molecule has 1 fully saturated rings. The number of urea groups is 1. The standard InChI is InChI=1S/C23H22N4O6/c28-20-6-4-17(21(29)26-20)27-12-14-9-13(1-3-16(14)22(27)30)11-24-23(31)25-15-2-5-18-19(10-15)33-8-7-32-18/h1-3,5,9-10,17H,4,6-8,11-12H2,(H2,24,25,31)(H,26,28,29). The van der Waals surface area contributed by atoms with Crippen LogP contribution in [0.25, 0.3) is 0 Å². The van der Waals surface area contributed by atoms with Crippen molar-refractivity contribution in [3.8, 4) is 11.5 Å². The van der Waals surface area contributed by atoms with Crippen molar-refractivity contribution in [2.45, 2.75) is 32.0 Å². The molecule has 0 aliphatic carbocycles. The van der Waals surface area contributed by atoms with E-state index in [9.17, 15) is 19.2 Å². The Morgan fingerprint density at radius 3 is 2.70 bits per heavy atom. The first kappa shape index (κ1) is 20.8. The van der Waals surface area contributed by atoms with Gasteiger partial charge in [0.15, 0.2) is 11.5 Å². The molecule has 0 aromatic heterocycles. The predicted molar refractivity (Wildman–Crippen MR) is 116 cm³/mol. The number of hydrogen-bond donors (Lipinski definition) is 3. The number of nitrogens with zero attached hydrogens (tertiary/aromatic N) is 1. The Morgan fingerprint density at radius 1 is 1.06 bits per heavy atom. The van der Waals surface area contributed by atoms with Crippen LogP contribution >= 0.6 is 0 Å². The van der Waals surface area contributed by atoms with Crippen molar-refractivity contribution in [1.82, 2.24) is 15.5 Å². The van der Waals surface area contributed by atoms with Crippen molar-refractivity contribution in [2.24, 2.45) is 0 Å². The quantitative estimate of drug-likeness (QED) is 0.607. The molecule has 170 valence electrons. The van der Waals surface area contributed by atoms with Crippen molar-refractivity contribution in [1.29, 1.82) is 0 Å². The molecule has 5 amide bonds. The summed E-state index contributed by atoms with van der Waals surface area (Å²) in [7, 11) is 0. The van der Waals surface area contributed by atoms with Crippen molar-refractivity contribution in [2.75, 3.05) is 18.5 Å². The lowest BCUT2D eigenvalue weighted by molar-refractivity contribution is -0.136. The highest BCUT2D eigenvalue weighted by molar-refractivity contribution is 6.05. The molecule has 2 aromatic carbocycles. The van der Waals surface area contributed by atoms with Crippen molar-refractivity contribution >= 4 is 29.4 Å². The molecule has 3 aliphatic rings. The second-order valence-electron chi connectivity index (χ2n) is 8.06. The molecule has 0 spiro atoms. The maximum atomic E-state index is 12.8. The van der Waals surface area contributed by atoms with E-state index in [1.807, 2.05) is 6.07 Å². The molecule has 1 saturated heterocycles. The number of fused-ring (bicyclic) bond motifs is 2. The molecule has 33 heavy (non-hydrogen) atoms. The van der Waals surface area contributed by atoms with E-state index in [4.69, 9.17) is 9.47 Å². The molecule has 0 radical (unpaired) electrons. The average Bonchev–Trinajstić information content (AvgIpc) is 3.13. The number of benzene rings is 2. The first-order valence-electron chi connectivity index (χ1n) is 10.7. The monoisotopic (exact) mass is 450 g/mol. The molecule has 5 rings (SSSR count). The third-order valence-corrected chi connectivity index (χ3v) is 5.84. The van der Waals surface area contributed by atoms with E-state index in [1.54, 1.807) is 30.3 Å². The maximum Gasteiger partial charge on any atom is 0.319 e. The van der Waals surface area contributed by atoms with Gasteiger partial charge in [0.2, 0.25) is 11.8 Å². The molecule has 3 heterocycles. The molecule has 2 aromatic rings. The lowest BCUT2D eigenvalue weighted by Gasteiger charge is -2.29. The number of anilines is 1. The summed E-state index contributed by atoms with van der Waals surface area (Å²) in [5, 5.41) is 7.85. The fourth-order valence-electron chi connectivity index (χ4n) is 4.22. The number of imide groups is 1. The zero-order valence-electron chi connectivity index (χ0n) is 17.7. The number of nitrogens with one attached hydrogen (secondary N) is 3.